The molecule has 0 radical (unpaired) electrons. The first-order valence-electron chi connectivity index (χ1n) is 8.63. The molecule has 0 aliphatic carbocycles. The van der Waals surface area contributed by atoms with Gasteiger partial charge in [-0.05, 0) is 44.9 Å². The molecule has 26 heavy (non-hydrogen) atoms. The van der Waals surface area contributed by atoms with Gasteiger partial charge in [0.15, 0.2) is 0 Å². The van der Waals surface area contributed by atoms with Crippen LogP contribution in [0.3, 0.4) is 0 Å². The average molecular weight is 352 g/mol. The quantitative estimate of drug-likeness (QED) is 0.753. The molecule has 1 amide bonds. The molecule has 1 aliphatic rings. The highest BCUT2D eigenvalue weighted by atomic mass is 16.5. The Kier molecular flexibility index (Phi) is 3.99. The van der Waals surface area contributed by atoms with Crippen molar-refractivity contribution in [1.82, 2.24) is 20.3 Å². The number of phenols is 1. The van der Waals surface area contributed by atoms with E-state index in [4.69, 9.17) is 4.52 Å². The van der Waals surface area contributed by atoms with Crippen LogP contribution in [0.15, 0.2) is 34.9 Å². The van der Waals surface area contributed by atoms with Crippen molar-refractivity contribution < 1.29 is 14.4 Å². The predicted octanol–water partition coefficient (Wildman–Crippen LogP) is 3.36. The summed E-state index contributed by atoms with van der Waals surface area (Å²) in [4.78, 5) is 14.9. The van der Waals surface area contributed by atoms with Crippen LogP contribution in [0, 0.1) is 13.8 Å². The number of aromatic hydroxyl groups is 1. The van der Waals surface area contributed by atoms with Crippen LogP contribution in [-0.4, -0.2) is 37.8 Å². The van der Waals surface area contributed by atoms with Crippen LogP contribution < -0.4 is 0 Å². The molecule has 0 bridgehead atoms. The number of amides is 1. The maximum atomic E-state index is 13.0. The van der Waals surface area contributed by atoms with Crippen molar-refractivity contribution in [3.8, 4) is 17.0 Å². The highest BCUT2D eigenvalue weighted by Gasteiger charge is 2.35. The van der Waals surface area contributed by atoms with Crippen LogP contribution in [0.1, 0.15) is 46.4 Å². The van der Waals surface area contributed by atoms with Crippen molar-refractivity contribution in [1.29, 1.82) is 0 Å². The molecule has 3 heterocycles. The highest BCUT2D eigenvalue weighted by molar-refractivity contribution is 5.94. The number of aromatic nitrogens is 3. The first kappa shape index (κ1) is 16.4. The summed E-state index contributed by atoms with van der Waals surface area (Å²) in [7, 11) is 0. The molecule has 1 atom stereocenters. The summed E-state index contributed by atoms with van der Waals surface area (Å²) < 4.78 is 5.28. The Morgan fingerprint density at radius 2 is 2.15 bits per heavy atom. The number of carbonyl (C=O) groups excluding carboxylic acids is 1. The Hall–Kier alpha value is -3.09. The number of rotatable bonds is 3. The summed E-state index contributed by atoms with van der Waals surface area (Å²) in [6.07, 6.45) is 1.82. The van der Waals surface area contributed by atoms with E-state index in [1.807, 2.05) is 24.8 Å². The molecule has 7 heteroatoms. The van der Waals surface area contributed by atoms with Gasteiger partial charge in [0, 0.05) is 17.7 Å². The molecule has 1 saturated heterocycles. The number of aromatic amines is 1. The number of benzene rings is 1. The number of aryl methyl sites for hydroxylation is 2. The Morgan fingerprint density at radius 1 is 1.35 bits per heavy atom. The van der Waals surface area contributed by atoms with Gasteiger partial charge in [0.2, 0.25) is 0 Å². The number of hydrogen-bond donors (Lipinski definition) is 2. The van der Waals surface area contributed by atoms with Gasteiger partial charge in [0.05, 0.1) is 17.4 Å². The van der Waals surface area contributed by atoms with E-state index in [0.29, 0.717) is 23.5 Å². The van der Waals surface area contributed by atoms with Crippen LogP contribution in [0.25, 0.3) is 11.3 Å². The monoisotopic (exact) mass is 352 g/mol. The molecule has 0 spiro atoms. The van der Waals surface area contributed by atoms with E-state index in [1.54, 1.807) is 24.3 Å². The van der Waals surface area contributed by atoms with Crippen molar-refractivity contribution in [2.24, 2.45) is 0 Å². The third kappa shape index (κ3) is 2.65. The van der Waals surface area contributed by atoms with Crippen LogP contribution in [0.4, 0.5) is 0 Å². The SMILES string of the molecule is Cc1noc(C)c1[C@@H]1CCCN1C(=O)c1cc(-c2ccccc2O)n[nH]1. The second-order valence-corrected chi connectivity index (χ2v) is 6.58. The molecule has 4 rings (SSSR count). The average Bonchev–Trinajstić information content (AvgIpc) is 3.35. The summed E-state index contributed by atoms with van der Waals surface area (Å²) in [6, 6.07) is 8.57. The number of phenolic OH excluding ortho intramolecular Hbond substituents is 1. The van der Waals surface area contributed by atoms with E-state index in [1.165, 1.54) is 0 Å². The van der Waals surface area contributed by atoms with Crippen molar-refractivity contribution in [2.45, 2.75) is 32.7 Å². The standard InChI is InChI=1S/C19H20N4O3/c1-11-18(12(2)26-22-11)16-7-5-9-23(16)19(25)15-10-14(20-21-15)13-6-3-4-8-17(13)24/h3-4,6,8,10,16,24H,5,7,9H2,1-2H3,(H,20,21)/t16-/m0/s1. The molecule has 1 fully saturated rings. The van der Waals surface area contributed by atoms with Gasteiger partial charge in [-0.3, -0.25) is 9.89 Å². The van der Waals surface area contributed by atoms with Gasteiger partial charge < -0.3 is 14.5 Å². The summed E-state index contributed by atoms with van der Waals surface area (Å²) in [5, 5.41) is 21.0. The zero-order valence-corrected chi connectivity index (χ0v) is 14.7. The van der Waals surface area contributed by atoms with Crippen molar-refractivity contribution >= 4 is 5.91 Å². The van der Waals surface area contributed by atoms with E-state index in [0.717, 1.165) is 29.9 Å². The van der Waals surface area contributed by atoms with Gasteiger partial charge in [-0.2, -0.15) is 5.10 Å². The number of para-hydroxylation sites is 1. The van der Waals surface area contributed by atoms with Crippen molar-refractivity contribution in [3.05, 3.63) is 53.0 Å². The first-order chi connectivity index (χ1) is 12.6. The lowest BCUT2D eigenvalue weighted by atomic mass is 10.0. The molecule has 7 nitrogen and oxygen atoms in total. The van der Waals surface area contributed by atoms with E-state index in [2.05, 4.69) is 15.4 Å². The third-order valence-corrected chi connectivity index (χ3v) is 4.92. The van der Waals surface area contributed by atoms with Gasteiger partial charge >= 0.3 is 0 Å². The number of likely N-dealkylation sites (tertiary alicyclic amines) is 1. The number of hydrogen-bond acceptors (Lipinski definition) is 5. The van der Waals surface area contributed by atoms with E-state index < -0.39 is 0 Å². The molecular weight excluding hydrogens is 332 g/mol. The molecule has 0 unspecified atom stereocenters. The molecule has 2 aromatic heterocycles. The van der Waals surface area contributed by atoms with Crippen LogP contribution in [-0.2, 0) is 0 Å². The molecule has 1 aromatic carbocycles. The fourth-order valence-corrected chi connectivity index (χ4v) is 3.69. The summed E-state index contributed by atoms with van der Waals surface area (Å²) in [5.74, 6) is 0.779. The highest BCUT2D eigenvalue weighted by Crippen LogP contribution is 2.36. The summed E-state index contributed by atoms with van der Waals surface area (Å²) >= 11 is 0. The Balaban J connectivity index is 1.63. The van der Waals surface area contributed by atoms with Gasteiger partial charge in [-0.15, -0.1) is 0 Å². The van der Waals surface area contributed by atoms with Gasteiger partial charge in [0.25, 0.3) is 5.91 Å². The lowest BCUT2D eigenvalue weighted by Gasteiger charge is -2.24. The smallest absolute Gasteiger partial charge is 0.272 e. The largest absolute Gasteiger partial charge is 0.507 e. The lowest BCUT2D eigenvalue weighted by molar-refractivity contribution is 0.0728. The minimum absolute atomic E-state index is 0.0365. The third-order valence-electron chi connectivity index (χ3n) is 4.92. The second kappa shape index (κ2) is 6.33. The van der Waals surface area contributed by atoms with Gasteiger partial charge in [0.1, 0.15) is 17.2 Å². The Bertz CT molecular complexity index is 940. The normalized spacial score (nSPS) is 17.0. The second-order valence-electron chi connectivity index (χ2n) is 6.58. The minimum atomic E-state index is -0.110. The van der Waals surface area contributed by atoms with E-state index >= 15 is 0 Å². The summed E-state index contributed by atoms with van der Waals surface area (Å²) in [6.45, 7) is 4.46. The van der Waals surface area contributed by atoms with Crippen LogP contribution in [0.2, 0.25) is 0 Å². The number of nitrogens with zero attached hydrogens (tertiary/aromatic N) is 3. The maximum Gasteiger partial charge on any atom is 0.272 e. The minimum Gasteiger partial charge on any atom is -0.507 e. The van der Waals surface area contributed by atoms with Gasteiger partial charge in [-0.1, -0.05) is 17.3 Å². The molecule has 0 saturated carbocycles. The lowest BCUT2D eigenvalue weighted by Crippen LogP contribution is -2.31. The zero-order chi connectivity index (χ0) is 18.3. The Labute approximate surface area is 150 Å². The number of carbonyl (C=O) groups is 1. The zero-order valence-electron chi connectivity index (χ0n) is 14.7. The van der Waals surface area contributed by atoms with Gasteiger partial charge in [-0.25, -0.2) is 0 Å². The molecular formula is C19H20N4O3. The predicted molar refractivity (Wildman–Crippen MR) is 94.7 cm³/mol. The van der Waals surface area contributed by atoms with Crippen LogP contribution >= 0.6 is 0 Å². The fourth-order valence-electron chi connectivity index (χ4n) is 3.69. The van der Waals surface area contributed by atoms with Crippen molar-refractivity contribution in [2.75, 3.05) is 6.54 Å². The van der Waals surface area contributed by atoms with Crippen LogP contribution in [0.5, 0.6) is 5.75 Å². The topological polar surface area (TPSA) is 95.2 Å². The Morgan fingerprint density at radius 3 is 2.88 bits per heavy atom. The number of nitrogens with one attached hydrogen (secondary N) is 1. The number of H-pyrrole nitrogens is 1. The van der Waals surface area contributed by atoms with Crippen molar-refractivity contribution in [3.63, 3.8) is 0 Å². The molecule has 1 aliphatic heterocycles. The molecule has 134 valence electrons. The molecule has 3 aromatic rings. The molecule has 2 N–H and O–H groups in total. The van der Waals surface area contributed by atoms with E-state index in [-0.39, 0.29) is 17.7 Å². The summed E-state index contributed by atoms with van der Waals surface area (Å²) in [5.41, 5.74) is 3.36. The maximum absolute atomic E-state index is 13.0. The van der Waals surface area contributed by atoms with E-state index in [9.17, 15) is 9.90 Å². The fraction of sp³-hybridized carbons (Fsp3) is 0.316. The first-order valence-corrected chi connectivity index (χ1v) is 8.63.